The van der Waals surface area contributed by atoms with E-state index in [0.29, 0.717) is 5.56 Å². The van der Waals surface area contributed by atoms with Crippen LogP contribution in [0.3, 0.4) is 0 Å². The molecule has 0 aromatic heterocycles. The third-order valence-corrected chi connectivity index (χ3v) is 5.27. The summed E-state index contributed by atoms with van der Waals surface area (Å²) in [6, 6.07) is 9.42. The van der Waals surface area contributed by atoms with Gasteiger partial charge >= 0.3 is 11.7 Å². The molecule has 0 amide bonds. The van der Waals surface area contributed by atoms with Gasteiger partial charge in [-0.05, 0) is 44.5 Å². The minimum Gasteiger partial charge on any atom is -0.490 e. The molecule has 0 spiro atoms. The highest BCUT2D eigenvalue weighted by Crippen LogP contribution is 2.44. The molecule has 1 unspecified atom stereocenters. The normalized spacial score (nSPS) is 14.9. The van der Waals surface area contributed by atoms with Crippen LogP contribution in [0.5, 0.6) is 17.2 Å². The molecule has 0 saturated heterocycles. The van der Waals surface area contributed by atoms with Crippen molar-refractivity contribution in [2.45, 2.75) is 26.7 Å². The Labute approximate surface area is 210 Å². The molecular formula is C24H22N4O9. The molecule has 13 nitrogen and oxygen atoms in total. The summed E-state index contributed by atoms with van der Waals surface area (Å²) in [7, 11) is 0. The van der Waals surface area contributed by atoms with E-state index in [1.165, 1.54) is 25.1 Å². The number of rotatable bonds is 9. The molecule has 0 saturated carbocycles. The second kappa shape index (κ2) is 11.1. The summed E-state index contributed by atoms with van der Waals surface area (Å²) >= 11 is 0. The monoisotopic (exact) mass is 510 g/mol. The van der Waals surface area contributed by atoms with Crippen molar-refractivity contribution in [2.75, 3.05) is 13.2 Å². The average Bonchev–Trinajstić information content (AvgIpc) is 2.84. The lowest BCUT2D eigenvalue weighted by Gasteiger charge is -2.27. The SMILES string of the molecule is CCOC(=O)C1=C(C)OC(N)=C(C#N)C1c1ccc(Oc2ccc([N+](=O)[O-])cc2[N+](=O)[O-])c(OCC)c1. The number of hydrogen-bond donors (Lipinski definition) is 1. The zero-order valence-electron chi connectivity index (χ0n) is 20.0. The van der Waals surface area contributed by atoms with Gasteiger partial charge in [-0.1, -0.05) is 6.07 Å². The van der Waals surface area contributed by atoms with Crippen LogP contribution in [0, 0.1) is 31.6 Å². The fraction of sp³-hybridized carbons (Fsp3) is 0.250. The number of nitriles is 1. The van der Waals surface area contributed by atoms with Crippen molar-refractivity contribution in [3.8, 4) is 23.3 Å². The van der Waals surface area contributed by atoms with E-state index in [1.54, 1.807) is 13.8 Å². The van der Waals surface area contributed by atoms with Crippen LogP contribution in [0.25, 0.3) is 0 Å². The number of benzene rings is 2. The molecule has 1 aliphatic heterocycles. The van der Waals surface area contributed by atoms with Gasteiger partial charge in [0.15, 0.2) is 11.5 Å². The van der Waals surface area contributed by atoms with Crippen molar-refractivity contribution >= 4 is 17.3 Å². The van der Waals surface area contributed by atoms with Gasteiger partial charge < -0.3 is 24.7 Å². The Bertz CT molecular complexity index is 1370. The first-order valence-corrected chi connectivity index (χ1v) is 11.0. The van der Waals surface area contributed by atoms with Gasteiger partial charge in [0.25, 0.3) is 5.69 Å². The number of allylic oxidation sites excluding steroid dienone is 2. The molecule has 2 N–H and O–H groups in total. The third-order valence-electron chi connectivity index (χ3n) is 5.27. The summed E-state index contributed by atoms with van der Waals surface area (Å²) in [4.78, 5) is 33.7. The van der Waals surface area contributed by atoms with E-state index >= 15 is 0 Å². The summed E-state index contributed by atoms with van der Waals surface area (Å²) in [6.45, 7) is 5.13. The second-order valence-electron chi connectivity index (χ2n) is 7.52. The Balaban J connectivity index is 2.12. The number of non-ortho nitro benzene ring substituents is 1. The number of nitro benzene ring substituents is 2. The van der Waals surface area contributed by atoms with E-state index in [2.05, 4.69) is 0 Å². The Morgan fingerprint density at radius 1 is 1.08 bits per heavy atom. The topological polar surface area (TPSA) is 190 Å². The quantitative estimate of drug-likeness (QED) is 0.287. The summed E-state index contributed by atoms with van der Waals surface area (Å²) in [5.74, 6) is -1.69. The van der Waals surface area contributed by atoms with Crippen LogP contribution >= 0.6 is 0 Å². The lowest BCUT2D eigenvalue weighted by Crippen LogP contribution is -2.25. The largest absolute Gasteiger partial charge is 0.490 e. The smallest absolute Gasteiger partial charge is 0.338 e. The van der Waals surface area contributed by atoms with Crippen LogP contribution in [0.1, 0.15) is 32.3 Å². The highest BCUT2D eigenvalue weighted by molar-refractivity contribution is 5.92. The van der Waals surface area contributed by atoms with E-state index in [1.807, 2.05) is 6.07 Å². The molecule has 1 aliphatic rings. The Morgan fingerprint density at radius 2 is 1.78 bits per heavy atom. The van der Waals surface area contributed by atoms with E-state index < -0.39 is 33.1 Å². The Morgan fingerprint density at radius 3 is 2.38 bits per heavy atom. The molecule has 2 aromatic carbocycles. The minimum atomic E-state index is -0.945. The predicted molar refractivity (Wildman–Crippen MR) is 127 cm³/mol. The highest BCUT2D eigenvalue weighted by atomic mass is 16.6. The maximum absolute atomic E-state index is 12.8. The standard InChI is InChI=1S/C24H22N4O9/c1-4-34-20-10-14(22-16(12-25)23(26)36-13(3)21(22)24(29)35-5-2)6-8-19(20)37-18-9-7-15(27(30)31)11-17(18)28(32)33/h6-11,22H,4-5,26H2,1-3H3. The van der Waals surface area contributed by atoms with E-state index in [9.17, 15) is 30.3 Å². The van der Waals surface area contributed by atoms with Crippen LogP contribution in [0.15, 0.2) is 59.2 Å². The number of carbonyl (C=O) groups excluding carboxylic acids is 1. The summed E-state index contributed by atoms with van der Waals surface area (Å²) < 4.78 is 22.0. The van der Waals surface area contributed by atoms with Crippen LogP contribution in [0.2, 0.25) is 0 Å². The molecule has 3 rings (SSSR count). The maximum atomic E-state index is 12.8. The molecule has 0 bridgehead atoms. The van der Waals surface area contributed by atoms with Gasteiger partial charge in [-0.15, -0.1) is 0 Å². The summed E-state index contributed by atoms with van der Waals surface area (Å²) in [6.07, 6.45) is 0. The van der Waals surface area contributed by atoms with Crippen LogP contribution in [-0.4, -0.2) is 29.0 Å². The van der Waals surface area contributed by atoms with E-state index in [4.69, 9.17) is 24.7 Å². The minimum absolute atomic E-state index is 0.0178. The Hall–Kier alpha value is -5.12. The molecule has 0 radical (unpaired) electrons. The van der Waals surface area contributed by atoms with Gasteiger partial charge in [0.05, 0.1) is 40.6 Å². The van der Waals surface area contributed by atoms with Crippen molar-refractivity contribution in [2.24, 2.45) is 5.73 Å². The number of ether oxygens (including phenoxy) is 4. The summed E-state index contributed by atoms with van der Waals surface area (Å²) in [5.41, 5.74) is 5.32. The van der Waals surface area contributed by atoms with Gasteiger partial charge in [-0.25, -0.2) is 4.79 Å². The summed E-state index contributed by atoms with van der Waals surface area (Å²) in [5, 5.41) is 32.3. The molecule has 1 heterocycles. The third kappa shape index (κ3) is 5.43. The lowest BCUT2D eigenvalue weighted by atomic mass is 9.83. The number of hydrogen-bond acceptors (Lipinski definition) is 11. The Kier molecular flexibility index (Phi) is 7.93. The van der Waals surface area contributed by atoms with Gasteiger partial charge in [0.1, 0.15) is 17.4 Å². The average molecular weight is 510 g/mol. The molecule has 0 aliphatic carbocycles. The van der Waals surface area contributed by atoms with Crippen molar-refractivity contribution in [3.63, 3.8) is 0 Å². The maximum Gasteiger partial charge on any atom is 0.338 e. The molecular weight excluding hydrogens is 488 g/mol. The van der Waals surface area contributed by atoms with Crippen LogP contribution in [0.4, 0.5) is 11.4 Å². The van der Waals surface area contributed by atoms with Crippen molar-refractivity contribution in [1.82, 2.24) is 0 Å². The van der Waals surface area contributed by atoms with Gasteiger partial charge in [-0.2, -0.15) is 5.26 Å². The second-order valence-corrected chi connectivity index (χ2v) is 7.52. The van der Waals surface area contributed by atoms with Crippen LogP contribution < -0.4 is 15.2 Å². The first kappa shape index (κ1) is 26.5. The lowest BCUT2D eigenvalue weighted by molar-refractivity contribution is -0.394. The van der Waals surface area contributed by atoms with Crippen molar-refractivity contribution < 1.29 is 33.6 Å². The molecule has 37 heavy (non-hydrogen) atoms. The fourth-order valence-corrected chi connectivity index (χ4v) is 3.71. The molecule has 1 atom stereocenters. The zero-order chi connectivity index (χ0) is 27.3. The molecule has 192 valence electrons. The molecule has 0 fully saturated rings. The van der Waals surface area contributed by atoms with Crippen LogP contribution in [-0.2, 0) is 14.3 Å². The van der Waals surface area contributed by atoms with Gasteiger partial charge in [-0.3, -0.25) is 20.2 Å². The van der Waals surface area contributed by atoms with Gasteiger partial charge in [0.2, 0.25) is 11.6 Å². The van der Waals surface area contributed by atoms with E-state index in [-0.39, 0.29) is 53.3 Å². The van der Waals surface area contributed by atoms with E-state index in [0.717, 1.165) is 18.2 Å². The van der Waals surface area contributed by atoms with Crippen molar-refractivity contribution in [3.05, 3.63) is 85.0 Å². The fourth-order valence-electron chi connectivity index (χ4n) is 3.71. The first-order chi connectivity index (χ1) is 17.6. The number of esters is 1. The molecule has 13 heteroatoms. The predicted octanol–water partition coefficient (Wildman–Crippen LogP) is 4.34. The first-order valence-electron chi connectivity index (χ1n) is 11.0. The number of carbonyl (C=O) groups is 1. The number of nitrogens with zero attached hydrogens (tertiary/aromatic N) is 3. The van der Waals surface area contributed by atoms with Crippen molar-refractivity contribution in [1.29, 1.82) is 5.26 Å². The highest BCUT2D eigenvalue weighted by Gasteiger charge is 2.37. The zero-order valence-corrected chi connectivity index (χ0v) is 20.0. The molecule has 2 aromatic rings. The van der Waals surface area contributed by atoms with Gasteiger partial charge in [0, 0.05) is 6.07 Å². The number of nitrogens with two attached hydrogens (primary N) is 1. The number of nitro groups is 2.